The molecule has 0 fully saturated rings. The van der Waals surface area contributed by atoms with Crippen molar-refractivity contribution in [1.82, 2.24) is 14.4 Å². The monoisotopic (exact) mass is 461 g/mol. The quantitative estimate of drug-likeness (QED) is 0.476. The number of halogens is 4. The van der Waals surface area contributed by atoms with E-state index in [1.165, 1.54) is 18.2 Å². The fourth-order valence-electron chi connectivity index (χ4n) is 2.40. The molecule has 0 atom stereocenters. The lowest BCUT2D eigenvalue weighted by Crippen LogP contribution is -2.12. The summed E-state index contributed by atoms with van der Waals surface area (Å²) in [5, 5.41) is 9.58. The Morgan fingerprint density at radius 3 is 2.68 bits per heavy atom. The number of hydrogen-bond acceptors (Lipinski definition) is 4. The molecule has 3 rings (SSSR count). The molecule has 2 heterocycles. The second-order valence-electron chi connectivity index (χ2n) is 5.27. The Morgan fingerprint density at radius 1 is 1.36 bits per heavy atom. The highest BCUT2D eigenvalue weighted by Crippen LogP contribution is 2.30. The van der Waals surface area contributed by atoms with Gasteiger partial charge in [-0.15, -0.1) is 0 Å². The third kappa shape index (κ3) is 3.20. The van der Waals surface area contributed by atoms with Gasteiger partial charge in [-0.2, -0.15) is 13.2 Å². The first-order chi connectivity index (χ1) is 11.7. The molecule has 2 aromatic heterocycles. The maximum Gasteiger partial charge on any atom is 0.419 e. The smallest absolute Gasteiger partial charge is 0.419 e. The highest BCUT2D eigenvalue weighted by atomic mass is 127. The summed E-state index contributed by atoms with van der Waals surface area (Å²) in [6.07, 6.45) is -2.69. The van der Waals surface area contributed by atoms with E-state index < -0.39 is 17.5 Å². The minimum absolute atomic E-state index is 0.0204. The molecule has 0 bridgehead atoms. The molecule has 9 heteroatoms. The number of benzene rings is 1. The van der Waals surface area contributed by atoms with Gasteiger partial charge < -0.3 is 5.11 Å². The Hall–Kier alpha value is -2.17. The van der Waals surface area contributed by atoms with E-state index >= 15 is 0 Å². The predicted molar refractivity (Wildman–Crippen MR) is 91.6 cm³/mol. The average molecular weight is 461 g/mol. The number of ketones is 1. The van der Waals surface area contributed by atoms with Crippen molar-refractivity contribution in [2.45, 2.75) is 19.5 Å². The Morgan fingerprint density at radius 2 is 2.08 bits per heavy atom. The van der Waals surface area contributed by atoms with E-state index in [9.17, 15) is 23.1 Å². The van der Waals surface area contributed by atoms with E-state index in [2.05, 4.69) is 9.97 Å². The molecule has 3 aromatic rings. The summed E-state index contributed by atoms with van der Waals surface area (Å²) >= 11 is 1.87. The van der Waals surface area contributed by atoms with Gasteiger partial charge in [0.2, 0.25) is 11.6 Å². The number of imidazole rings is 1. The van der Waals surface area contributed by atoms with Crippen LogP contribution in [-0.2, 0) is 12.6 Å². The number of fused-ring (bicyclic) bond motifs is 1. The zero-order valence-electron chi connectivity index (χ0n) is 12.8. The van der Waals surface area contributed by atoms with Gasteiger partial charge in [-0.1, -0.05) is 6.92 Å². The lowest BCUT2D eigenvalue weighted by molar-refractivity contribution is -0.138. The summed E-state index contributed by atoms with van der Waals surface area (Å²) in [6, 6.07) is 4.25. The number of alkyl halides is 3. The van der Waals surface area contributed by atoms with Gasteiger partial charge in [0.15, 0.2) is 0 Å². The molecule has 1 N–H and O–H groups in total. The van der Waals surface area contributed by atoms with Gasteiger partial charge in [-0.25, -0.2) is 9.97 Å². The number of phenols is 1. The molecule has 0 saturated heterocycles. The van der Waals surface area contributed by atoms with Gasteiger partial charge in [0.25, 0.3) is 0 Å². The molecule has 130 valence electrons. The molecule has 0 aliphatic rings. The van der Waals surface area contributed by atoms with Crippen molar-refractivity contribution in [3.05, 3.63) is 56.7 Å². The molecule has 25 heavy (non-hydrogen) atoms. The molecule has 0 spiro atoms. The van der Waals surface area contributed by atoms with Crippen LogP contribution in [-0.4, -0.2) is 25.3 Å². The Bertz CT molecular complexity index is 983. The number of aryl methyl sites for hydroxylation is 1. The van der Waals surface area contributed by atoms with E-state index in [0.29, 0.717) is 21.9 Å². The lowest BCUT2D eigenvalue weighted by Gasteiger charge is -2.08. The fourth-order valence-corrected chi connectivity index (χ4v) is 2.91. The van der Waals surface area contributed by atoms with Crippen LogP contribution in [0.3, 0.4) is 0 Å². The van der Waals surface area contributed by atoms with E-state index in [1.807, 2.05) is 22.6 Å². The van der Waals surface area contributed by atoms with Crippen molar-refractivity contribution < 1.29 is 23.1 Å². The van der Waals surface area contributed by atoms with Crippen molar-refractivity contribution in [3.63, 3.8) is 0 Å². The molecule has 0 aliphatic heterocycles. The summed E-state index contributed by atoms with van der Waals surface area (Å²) in [6.45, 7) is 1.75. The van der Waals surface area contributed by atoms with Crippen molar-refractivity contribution in [1.29, 1.82) is 0 Å². The molecular formula is C16H11F3IN3O2. The van der Waals surface area contributed by atoms with Gasteiger partial charge in [-0.3, -0.25) is 9.20 Å². The third-order valence-corrected chi connectivity index (χ3v) is 4.50. The number of carbonyl (C=O) groups excluding carboxylic acids is 1. The van der Waals surface area contributed by atoms with Crippen LogP contribution in [0.1, 0.15) is 34.2 Å². The van der Waals surface area contributed by atoms with Crippen LogP contribution in [0.5, 0.6) is 5.75 Å². The van der Waals surface area contributed by atoms with E-state index in [1.54, 1.807) is 6.92 Å². The van der Waals surface area contributed by atoms with Crippen LogP contribution in [0.2, 0.25) is 0 Å². The van der Waals surface area contributed by atoms with Crippen LogP contribution in [0.25, 0.3) is 5.78 Å². The van der Waals surface area contributed by atoms with Crippen LogP contribution >= 0.6 is 22.6 Å². The highest BCUT2D eigenvalue weighted by Gasteiger charge is 2.32. The van der Waals surface area contributed by atoms with Crippen molar-refractivity contribution in [2.75, 3.05) is 0 Å². The second-order valence-corrected chi connectivity index (χ2v) is 6.43. The first kappa shape index (κ1) is 17.6. The van der Waals surface area contributed by atoms with E-state index in [-0.39, 0.29) is 22.8 Å². The maximum absolute atomic E-state index is 13.0. The minimum atomic E-state index is -4.58. The molecule has 5 nitrogen and oxygen atoms in total. The van der Waals surface area contributed by atoms with Gasteiger partial charge in [-0.05, 0) is 47.2 Å². The molecule has 1 aromatic carbocycles. The molecule has 0 amide bonds. The zero-order valence-corrected chi connectivity index (χ0v) is 15.0. The van der Waals surface area contributed by atoms with Crippen LogP contribution in [0.4, 0.5) is 13.2 Å². The first-order valence-electron chi connectivity index (χ1n) is 7.19. The van der Waals surface area contributed by atoms with Gasteiger partial charge in [0.05, 0.1) is 14.8 Å². The SMILES string of the molecule is CCc1nc2ncc(C(F)(F)F)cn2c1C(=O)c1ccc(O)c(I)c1. The molecule has 0 unspecified atom stereocenters. The summed E-state index contributed by atoms with van der Waals surface area (Å²) in [7, 11) is 0. The van der Waals surface area contributed by atoms with Gasteiger partial charge in [0.1, 0.15) is 11.4 Å². The van der Waals surface area contributed by atoms with Crippen LogP contribution < -0.4 is 0 Å². The van der Waals surface area contributed by atoms with Gasteiger partial charge in [0, 0.05) is 18.0 Å². The van der Waals surface area contributed by atoms with E-state index in [4.69, 9.17) is 0 Å². The number of rotatable bonds is 3. The molecule has 0 saturated carbocycles. The summed E-state index contributed by atoms with van der Waals surface area (Å²) in [5.74, 6) is -0.433. The Kier molecular flexibility index (Phi) is 4.43. The predicted octanol–water partition coefficient (Wildman–Crippen LogP) is 3.85. The summed E-state index contributed by atoms with van der Waals surface area (Å²) in [5.41, 5.74) is -0.317. The molecule has 0 radical (unpaired) electrons. The number of phenolic OH excluding ortho intramolecular Hbond substituents is 1. The van der Waals surface area contributed by atoms with Crippen molar-refractivity contribution in [3.8, 4) is 5.75 Å². The number of nitrogens with zero attached hydrogens (tertiary/aromatic N) is 3. The third-order valence-electron chi connectivity index (χ3n) is 3.64. The summed E-state index contributed by atoms with van der Waals surface area (Å²) < 4.78 is 40.4. The maximum atomic E-state index is 13.0. The fraction of sp³-hybridized carbons (Fsp3) is 0.188. The normalized spacial score (nSPS) is 11.9. The first-order valence-corrected chi connectivity index (χ1v) is 8.27. The highest BCUT2D eigenvalue weighted by molar-refractivity contribution is 14.1. The van der Waals surface area contributed by atoms with E-state index in [0.717, 1.165) is 10.6 Å². The van der Waals surface area contributed by atoms with Crippen molar-refractivity contribution >= 4 is 34.2 Å². The molecule has 0 aliphatic carbocycles. The van der Waals surface area contributed by atoms with Crippen molar-refractivity contribution in [2.24, 2.45) is 0 Å². The largest absolute Gasteiger partial charge is 0.507 e. The summed E-state index contributed by atoms with van der Waals surface area (Å²) in [4.78, 5) is 20.7. The lowest BCUT2D eigenvalue weighted by atomic mass is 10.1. The topological polar surface area (TPSA) is 67.5 Å². The minimum Gasteiger partial charge on any atom is -0.507 e. The second kappa shape index (κ2) is 6.28. The Balaban J connectivity index is 2.22. The average Bonchev–Trinajstić information content (AvgIpc) is 2.93. The standard InChI is InChI=1S/C16H11F3IN3O2/c1-2-11-13(14(25)8-3-4-12(24)10(20)5-8)23-7-9(16(17,18)19)6-21-15(23)22-11/h3-7,24H,2H2,1H3. The number of aromatic nitrogens is 3. The molecular weight excluding hydrogens is 450 g/mol. The van der Waals surface area contributed by atoms with Crippen LogP contribution in [0.15, 0.2) is 30.6 Å². The number of aromatic hydroxyl groups is 1. The number of carbonyl (C=O) groups is 1. The van der Waals surface area contributed by atoms with Crippen LogP contribution in [0, 0.1) is 3.57 Å². The number of hydrogen-bond donors (Lipinski definition) is 1. The van der Waals surface area contributed by atoms with Gasteiger partial charge >= 0.3 is 6.18 Å². The Labute approximate surface area is 153 Å². The zero-order chi connectivity index (χ0) is 18.4.